The maximum Gasteiger partial charge on any atom is 0.334 e. The number of nitrogens with two attached hydrogens (primary N) is 3. The van der Waals surface area contributed by atoms with Crippen LogP contribution in [0.5, 0.6) is 0 Å². The minimum Gasteiger partial charge on any atom is -0.456 e. The van der Waals surface area contributed by atoms with Gasteiger partial charge in [-0.1, -0.05) is 12.5 Å². The van der Waals surface area contributed by atoms with Crippen LogP contribution in [0.15, 0.2) is 11.6 Å². The Kier molecular flexibility index (Phi) is 12.6. The van der Waals surface area contributed by atoms with Crippen molar-refractivity contribution in [1.82, 2.24) is 0 Å². The lowest BCUT2D eigenvalue weighted by molar-refractivity contribution is -0.703. The molecule has 0 spiro atoms. The summed E-state index contributed by atoms with van der Waals surface area (Å²) in [7, 11) is 1.95. The van der Waals surface area contributed by atoms with E-state index in [9.17, 15) is 30.0 Å². The monoisotopic (exact) mass is 667 g/mol. The summed E-state index contributed by atoms with van der Waals surface area (Å²) < 4.78 is 20.0. The van der Waals surface area contributed by atoms with Crippen molar-refractivity contribution >= 4 is 11.8 Å². The minimum atomic E-state index is -1.10. The van der Waals surface area contributed by atoms with Gasteiger partial charge >= 0.3 is 5.97 Å². The molecule has 3 aliphatic heterocycles. The van der Waals surface area contributed by atoms with E-state index in [1.165, 1.54) is 0 Å². The Bertz CT molecular complexity index is 1100. The van der Waals surface area contributed by atoms with E-state index in [4.69, 9.17) is 19.9 Å². The molecule has 2 aliphatic carbocycles. The van der Waals surface area contributed by atoms with Gasteiger partial charge in [-0.3, -0.25) is 10.5 Å². The van der Waals surface area contributed by atoms with Crippen molar-refractivity contribution in [3.63, 3.8) is 0 Å². The van der Waals surface area contributed by atoms with Crippen LogP contribution >= 0.6 is 0 Å². The van der Waals surface area contributed by atoms with E-state index in [1.54, 1.807) is 6.08 Å². The van der Waals surface area contributed by atoms with Crippen molar-refractivity contribution in [2.75, 3.05) is 33.4 Å². The number of rotatable bonds is 11. The highest BCUT2D eigenvalue weighted by Crippen LogP contribution is 2.54. The molecule has 5 fully saturated rings. The quantitative estimate of drug-likeness (QED) is 0.103. The molecule has 268 valence electrons. The Morgan fingerprint density at radius 1 is 1.19 bits per heavy atom. The van der Waals surface area contributed by atoms with Gasteiger partial charge in [-0.25, -0.2) is 4.79 Å². The number of Topliss-reactive ketones (excluding diaryl/α,β-unsaturated/α-hetero) is 1. The summed E-state index contributed by atoms with van der Waals surface area (Å²) >= 11 is 0. The summed E-state index contributed by atoms with van der Waals surface area (Å²) in [6.45, 7) is 4.85. The molecule has 5 rings (SSSR count). The third kappa shape index (κ3) is 7.81. The second-order valence-electron chi connectivity index (χ2n) is 15.3. The maximum absolute atomic E-state index is 13.7. The topological polar surface area (TPSA) is 202 Å². The summed E-state index contributed by atoms with van der Waals surface area (Å²) in [6, 6.07) is 0. The number of quaternary nitrogens is 2. The third-order valence-electron chi connectivity index (χ3n) is 12.3. The van der Waals surface area contributed by atoms with Gasteiger partial charge in [-0.05, 0) is 58.3 Å². The Balaban J connectivity index is 1.52. The van der Waals surface area contributed by atoms with Gasteiger partial charge in [-0.15, -0.1) is 0 Å². The van der Waals surface area contributed by atoms with Gasteiger partial charge in [0.15, 0.2) is 0 Å². The van der Waals surface area contributed by atoms with Crippen LogP contribution in [0.4, 0.5) is 0 Å². The van der Waals surface area contributed by atoms with Gasteiger partial charge in [0, 0.05) is 55.1 Å². The van der Waals surface area contributed by atoms with Crippen molar-refractivity contribution in [3.8, 4) is 0 Å². The molecule has 10 N–H and O–H groups in total. The summed E-state index contributed by atoms with van der Waals surface area (Å²) in [5.74, 6) is -2.33. The van der Waals surface area contributed by atoms with E-state index in [2.05, 4.69) is 5.32 Å². The summed E-state index contributed by atoms with van der Waals surface area (Å²) in [5.41, 5.74) is 5.62. The van der Waals surface area contributed by atoms with Gasteiger partial charge in [0.2, 0.25) is 0 Å². The second kappa shape index (κ2) is 16.0. The molecule has 11 unspecified atom stereocenters. The lowest BCUT2D eigenvalue weighted by Gasteiger charge is -2.60. The van der Waals surface area contributed by atoms with Crippen molar-refractivity contribution in [1.29, 1.82) is 0 Å². The Morgan fingerprint density at radius 3 is 2.62 bits per heavy atom. The van der Waals surface area contributed by atoms with Crippen LogP contribution in [-0.2, 0) is 23.8 Å². The number of hydrogen-bond donors (Lipinski definition) is 7. The fourth-order valence-electron chi connectivity index (χ4n) is 9.56. The van der Waals surface area contributed by atoms with Crippen molar-refractivity contribution in [2.45, 2.75) is 126 Å². The lowest BCUT2D eigenvalue weighted by atomic mass is 9.57. The van der Waals surface area contributed by atoms with Crippen molar-refractivity contribution < 1.29 is 54.9 Å². The van der Waals surface area contributed by atoms with E-state index in [-0.39, 0.29) is 55.8 Å². The molecule has 14 atom stereocenters. The SMILES string of the molecule is CC=C(CC[NH2+]C)C(=O)O[C@H]1CC2C(O)C3C(=O)CC(CO)OC3C(C3CCCC(O)C3)C2O[C@@]1(C)[C@H](CO)CC1CCC(N)[NH2+]C1. The van der Waals surface area contributed by atoms with E-state index in [0.29, 0.717) is 37.2 Å². The van der Waals surface area contributed by atoms with Gasteiger partial charge in [-0.2, -0.15) is 0 Å². The standard InChI is InChI=1S/C35H59N3O9/c1-4-20(10-11-37-3)34(44)46-27-15-25-31(43)30-26(42)14-24(18-40)45-33(30)29(21-6-5-7-23(41)13-21)32(25)47-35(27,2)22(17-39)12-19-8-9-28(36)38-16-19/h4,19,21-25,27-33,37-41,43H,5-18,36H2,1-3H3/p+2/t19?,21?,22-,23?,24?,25?,27-,28?,29?,30?,31?,32?,33?,35-/m0/s1. The number of fused-ring (bicyclic) bond motifs is 2. The fraction of sp³-hybridized carbons (Fsp3) is 0.886. The number of piperidine rings is 1. The average molecular weight is 668 g/mol. The smallest absolute Gasteiger partial charge is 0.334 e. The van der Waals surface area contributed by atoms with Crippen LogP contribution in [0.3, 0.4) is 0 Å². The molecule has 5 aliphatic rings. The van der Waals surface area contributed by atoms with Gasteiger partial charge in [0.1, 0.15) is 23.7 Å². The molecule has 12 heteroatoms. The van der Waals surface area contributed by atoms with Crippen molar-refractivity contribution in [2.24, 2.45) is 41.2 Å². The predicted octanol–water partition coefficient (Wildman–Crippen LogP) is -1.27. The first-order chi connectivity index (χ1) is 22.5. The van der Waals surface area contributed by atoms with Crippen LogP contribution in [0.25, 0.3) is 0 Å². The Labute approximate surface area is 279 Å². The molecule has 3 heterocycles. The van der Waals surface area contributed by atoms with Crippen LogP contribution < -0.4 is 16.4 Å². The molecule has 0 bridgehead atoms. The first-order valence-corrected chi connectivity index (χ1v) is 18.2. The zero-order chi connectivity index (χ0) is 33.9. The molecule has 0 radical (unpaired) electrons. The number of carbonyl (C=O) groups is 2. The molecule has 47 heavy (non-hydrogen) atoms. The normalized spacial score (nSPS) is 43.5. The molecule has 0 amide bonds. The van der Waals surface area contributed by atoms with E-state index in [1.807, 2.05) is 26.2 Å². The average Bonchev–Trinajstić information content (AvgIpc) is 3.05. The molecular weight excluding hydrogens is 606 g/mol. The number of esters is 1. The van der Waals surface area contributed by atoms with Gasteiger partial charge < -0.3 is 45.3 Å². The fourth-order valence-corrected chi connectivity index (χ4v) is 9.56. The number of ketones is 1. The second-order valence-corrected chi connectivity index (χ2v) is 15.3. The number of hydrogen-bond acceptors (Lipinski definition) is 10. The first kappa shape index (κ1) is 36.8. The lowest BCUT2D eigenvalue weighted by Crippen LogP contribution is -2.95. The summed E-state index contributed by atoms with van der Waals surface area (Å²) in [4.78, 5) is 27.3. The summed E-state index contributed by atoms with van der Waals surface area (Å²) in [5, 5.41) is 47.9. The van der Waals surface area contributed by atoms with Gasteiger partial charge in [0.25, 0.3) is 0 Å². The number of allylic oxidation sites excluding steroid dienone is 1. The van der Waals surface area contributed by atoms with E-state index < -0.39 is 60.0 Å². The number of carbonyl (C=O) groups excluding carboxylic acids is 2. The molecule has 3 saturated heterocycles. The molecule has 0 aromatic carbocycles. The zero-order valence-corrected chi connectivity index (χ0v) is 28.5. The molecular formula is C35H61N3O9+2. The van der Waals surface area contributed by atoms with Gasteiger partial charge in [0.05, 0.1) is 63.2 Å². The minimum absolute atomic E-state index is 0.0247. The zero-order valence-electron chi connectivity index (χ0n) is 28.5. The van der Waals surface area contributed by atoms with Crippen LogP contribution in [0.2, 0.25) is 0 Å². The largest absolute Gasteiger partial charge is 0.456 e. The van der Waals surface area contributed by atoms with Crippen LogP contribution in [-0.4, -0.2) is 114 Å². The van der Waals surface area contributed by atoms with Crippen LogP contribution in [0.1, 0.15) is 78.1 Å². The molecule has 0 aromatic rings. The predicted molar refractivity (Wildman–Crippen MR) is 171 cm³/mol. The Morgan fingerprint density at radius 2 is 1.98 bits per heavy atom. The highest BCUT2D eigenvalue weighted by atomic mass is 16.6. The first-order valence-electron chi connectivity index (χ1n) is 18.2. The highest BCUT2D eigenvalue weighted by molar-refractivity contribution is 5.88. The number of ether oxygens (including phenoxy) is 3. The molecule has 0 aromatic heterocycles. The van der Waals surface area contributed by atoms with Crippen LogP contribution in [0, 0.1) is 35.5 Å². The van der Waals surface area contributed by atoms with E-state index >= 15 is 0 Å². The summed E-state index contributed by atoms with van der Waals surface area (Å²) in [6.07, 6.45) is 3.79. The number of aliphatic hydroxyl groups excluding tert-OH is 4. The highest BCUT2D eigenvalue weighted by Gasteiger charge is 2.64. The maximum atomic E-state index is 13.7. The van der Waals surface area contributed by atoms with E-state index in [0.717, 1.165) is 38.8 Å². The van der Waals surface area contributed by atoms with Crippen molar-refractivity contribution in [3.05, 3.63) is 11.6 Å². The Hall–Kier alpha value is -1.48. The molecule has 12 nitrogen and oxygen atoms in total. The number of aliphatic hydroxyl groups is 4. The third-order valence-corrected chi connectivity index (χ3v) is 12.3. The molecule has 2 saturated carbocycles.